The molecule has 0 saturated heterocycles. The van der Waals surface area contributed by atoms with Crippen molar-refractivity contribution in [3.63, 3.8) is 0 Å². The van der Waals surface area contributed by atoms with Crippen molar-refractivity contribution in [3.05, 3.63) is 119 Å². The number of anilines is 2. The van der Waals surface area contributed by atoms with Crippen molar-refractivity contribution in [2.24, 2.45) is 0 Å². The fourth-order valence-corrected chi connectivity index (χ4v) is 3.57. The molecule has 0 aliphatic carbocycles. The molecule has 0 aliphatic heterocycles. The maximum atomic E-state index is 13.3. The summed E-state index contributed by atoms with van der Waals surface area (Å²) in [5, 5.41) is 4.58. The number of hydrogen-bond donors (Lipinski definition) is 2. The number of hydrogen-bond acceptors (Lipinski definition) is 2. The van der Waals surface area contributed by atoms with Crippen molar-refractivity contribution in [3.8, 4) is 11.1 Å². The van der Waals surface area contributed by atoms with E-state index < -0.39 is 11.9 Å². The molecule has 4 rings (SSSR count). The van der Waals surface area contributed by atoms with Gasteiger partial charge in [0.2, 0.25) is 0 Å². The van der Waals surface area contributed by atoms with Crippen LogP contribution in [0.25, 0.3) is 11.1 Å². The standard InChI is InChI=1S/C26H19Cl2N3O2/c27-23-16-15-19(17-24(23)28)29-26(33)31(20-11-5-2-6-12-20)30-25(32)22-14-8-7-13-21(22)18-9-3-1-4-10-18/h1-17H,(H,29,33)(H,30,32). The minimum Gasteiger partial charge on any atom is -0.306 e. The number of benzene rings is 4. The zero-order chi connectivity index (χ0) is 23.2. The first-order valence-corrected chi connectivity index (χ1v) is 10.8. The normalized spacial score (nSPS) is 10.4. The smallest absolute Gasteiger partial charge is 0.306 e. The van der Waals surface area contributed by atoms with E-state index in [2.05, 4.69) is 10.7 Å². The van der Waals surface area contributed by atoms with Crippen LogP contribution in [0.3, 0.4) is 0 Å². The van der Waals surface area contributed by atoms with Gasteiger partial charge in [-0.1, -0.05) is 89.9 Å². The summed E-state index contributed by atoms with van der Waals surface area (Å²) in [5.41, 5.74) is 5.75. The highest BCUT2D eigenvalue weighted by atomic mass is 35.5. The number of rotatable bonds is 4. The zero-order valence-corrected chi connectivity index (χ0v) is 18.8. The van der Waals surface area contributed by atoms with Crippen LogP contribution in [-0.2, 0) is 0 Å². The van der Waals surface area contributed by atoms with E-state index in [0.717, 1.165) is 16.1 Å². The molecule has 3 amide bonds. The average Bonchev–Trinajstić information content (AvgIpc) is 2.85. The number of para-hydroxylation sites is 1. The summed E-state index contributed by atoms with van der Waals surface area (Å²) in [6.45, 7) is 0. The Morgan fingerprint density at radius 2 is 1.33 bits per heavy atom. The van der Waals surface area contributed by atoms with Gasteiger partial charge in [-0.25, -0.2) is 9.80 Å². The quantitative estimate of drug-likeness (QED) is 0.310. The Morgan fingerprint density at radius 1 is 0.697 bits per heavy atom. The summed E-state index contributed by atoms with van der Waals surface area (Å²) in [4.78, 5) is 26.5. The molecule has 4 aromatic rings. The fraction of sp³-hybridized carbons (Fsp3) is 0. The summed E-state index contributed by atoms with van der Waals surface area (Å²) in [5.74, 6) is -0.428. The van der Waals surface area contributed by atoms with Gasteiger partial charge in [0.05, 0.1) is 15.7 Å². The van der Waals surface area contributed by atoms with Crippen LogP contribution >= 0.6 is 23.2 Å². The largest absolute Gasteiger partial charge is 0.345 e. The highest BCUT2D eigenvalue weighted by molar-refractivity contribution is 6.42. The molecule has 164 valence electrons. The van der Waals surface area contributed by atoms with Crippen molar-refractivity contribution in [1.82, 2.24) is 5.43 Å². The molecule has 0 heterocycles. The molecule has 5 nitrogen and oxygen atoms in total. The lowest BCUT2D eigenvalue weighted by Gasteiger charge is -2.24. The van der Waals surface area contributed by atoms with Crippen LogP contribution in [0.2, 0.25) is 10.0 Å². The molecule has 0 radical (unpaired) electrons. The molecule has 0 atom stereocenters. The first-order chi connectivity index (χ1) is 16.0. The second-order valence-electron chi connectivity index (χ2n) is 7.08. The molecule has 4 aromatic carbocycles. The third-order valence-corrected chi connectivity index (χ3v) is 5.60. The topological polar surface area (TPSA) is 61.4 Å². The van der Waals surface area contributed by atoms with Crippen LogP contribution < -0.4 is 15.8 Å². The number of nitrogens with one attached hydrogen (secondary N) is 2. The minimum atomic E-state index is -0.565. The van der Waals surface area contributed by atoms with Crippen molar-refractivity contribution in [1.29, 1.82) is 0 Å². The van der Waals surface area contributed by atoms with Crippen LogP contribution in [0.4, 0.5) is 16.2 Å². The summed E-state index contributed by atoms with van der Waals surface area (Å²) in [7, 11) is 0. The van der Waals surface area contributed by atoms with Crippen LogP contribution in [0, 0.1) is 0 Å². The molecule has 0 saturated carbocycles. The van der Waals surface area contributed by atoms with Gasteiger partial charge < -0.3 is 5.32 Å². The predicted molar refractivity (Wildman–Crippen MR) is 134 cm³/mol. The number of hydrazine groups is 1. The van der Waals surface area contributed by atoms with Crippen molar-refractivity contribution in [2.75, 3.05) is 10.3 Å². The third-order valence-electron chi connectivity index (χ3n) is 4.86. The first-order valence-electron chi connectivity index (χ1n) is 10.1. The predicted octanol–water partition coefficient (Wildman–Crippen LogP) is 7.04. The highest BCUT2D eigenvalue weighted by Gasteiger charge is 2.21. The Kier molecular flexibility index (Phi) is 6.93. The van der Waals surface area contributed by atoms with E-state index in [1.54, 1.807) is 48.5 Å². The Bertz CT molecular complexity index is 1280. The number of amides is 3. The van der Waals surface area contributed by atoms with Gasteiger partial charge in [0.1, 0.15) is 0 Å². The summed E-state index contributed by atoms with van der Waals surface area (Å²) in [6.07, 6.45) is 0. The molecule has 0 spiro atoms. The van der Waals surface area contributed by atoms with Crippen LogP contribution in [-0.4, -0.2) is 11.9 Å². The molecule has 7 heteroatoms. The maximum absolute atomic E-state index is 13.3. The number of halogens is 2. The van der Waals surface area contributed by atoms with Gasteiger partial charge in [-0.2, -0.15) is 0 Å². The minimum absolute atomic E-state index is 0.307. The van der Waals surface area contributed by atoms with Crippen LogP contribution in [0.1, 0.15) is 10.4 Å². The lowest BCUT2D eigenvalue weighted by molar-refractivity contribution is 0.0952. The number of carbonyl (C=O) groups is 2. The summed E-state index contributed by atoms with van der Waals surface area (Å²) < 4.78 is 0. The molecule has 0 aromatic heterocycles. The third kappa shape index (κ3) is 5.34. The van der Waals surface area contributed by atoms with Crippen molar-refractivity contribution >= 4 is 46.5 Å². The lowest BCUT2D eigenvalue weighted by atomic mass is 9.99. The van der Waals surface area contributed by atoms with Gasteiger partial charge in [-0.15, -0.1) is 0 Å². The average molecular weight is 476 g/mol. The van der Waals surface area contributed by atoms with Crippen LogP contribution in [0.5, 0.6) is 0 Å². The maximum Gasteiger partial charge on any atom is 0.345 e. The van der Waals surface area contributed by atoms with E-state index in [4.69, 9.17) is 23.2 Å². The van der Waals surface area contributed by atoms with Gasteiger partial charge in [0.15, 0.2) is 0 Å². The fourth-order valence-electron chi connectivity index (χ4n) is 3.28. The SMILES string of the molecule is O=C(NN(C(=O)Nc1ccc(Cl)c(Cl)c1)c1ccccc1)c1ccccc1-c1ccccc1. The Balaban J connectivity index is 1.64. The van der Waals surface area contributed by atoms with Crippen molar-refractivity contribution in [2.45, 2.75) is 0 Å². The molecule has 0 bridgehead atoms. The number of urea groups is 1. The van der Waals surface area contributed by atoms with E-state index in [1.165, 1.54) is 6.07 Å². The highest BCUT2D eigenvalue weighted by Crippen LogP contribution is 2.26. The molecule has 0 fully saturated rings. The molecule has 2 N–H and O–H groups in total. The summed E-state index contributed by atoms with van der Waals surface area (Å²) in [6, 6.07) is 29.8. The molecular formula is C26H19Cl2N3O2. The Hall–Kier alpha value is -3.80. The second kappa shape index (κ2) is 10.2. The molecule has 33 heavy (non-hydrogen) atoms. The lowest BCUT2D eigenvalue weighted by Crippen LogP contribution is -2.48. The van der Waals surface area contributed by atoms with E-state index >= 15 is 0 Å². The number of carbonyl (C=O) groups excluding carboxylic acids is 2. The Labute approximate surface area is 201 Å². The molecule has 0 aliphatic rings. The van der Waals surface area contributed by atoms with Gasteiger partial charge in [-0.05, 0) is 47.5 Å². The van der Waals surface area contributed by atoms with Gasteiger partial charge in [-0.3, -0.25) is 10.2 Å². The second-order valence-corrected chi connectivity index (χ2v) is 7.90. The first kappa shape index (κ1) is 22.4. The summed E-state index contributed by atoms with van der Waals surface area (Å²) >= 11 is 12.0. The van der Waals surface area contributed by atoms with Gasteiger partial charge in [0, 0.05) is 11.3 Å². The van der Waals surface area contributed by atoms with E-state index in [-0.39, 0.29) is 0 Å². The zero-order valence-electron chi connectivity index (χ0n) is 17.3. The Morgan fingerprint density at radius 3 is 2.03 bits per heavy atom. The monoisotopic (exact) mass is 475 g/mol. The number of nitrogens with zero attached hydrogens (tertiary/aromatic N) is 1. The van der Waals surface area contributed by atoms with E-state index in [0.29, 0.717) is 27.0 Å². The van der Waals surface area contributed by atoms with Crippen LogP contribution in [0.15, 0.2) is 103 Å². The van der Waals surface area contributed by atoms with Crippen molar-refractivity contribution < 1.29 is 9.59 Å². The van der Waals surface area contributed by atoms with E-state index in [1.807, 2.05) is 48.5 Å². The van der Waals surface area contributed by atoms with Gasteiger partial charge in [0.25, 0.3) is 5.91 Å². The van der Waals surface area contributed by atoms with Gasteiger partial charge >= 0.3 is 6.03 Å². The molecular weight excluding hydrogens is 457 g/mol. The van der Waals surface area contributed by atoms with E-state index in [9.17, 15) is 9.59 Å². The molecule has 0 unspecified atom stereocenters.